The third kappa shape index (κ3) is 5.99. The average Bonchev–Trinajstić information content (AvgIpc) is 2.76. The third-order valence-electron chi connectivity index (χ3n) is 3.77. The van der Waals surface area contributed by atoms with Crippen molar-refractivity contribution in [1.82, 2.24) is 0 Å². The van der Waals surface area contributed by atoms with Crippen LogP contribution < -0.4 is 5.32 Å². The molecule has 0 bridgehead atoms. The van der Waals surface area contributed by atoms with Gasteiger partial charge in [-0.2, -0.15) is 0 Å². The minimum absolute atomic E-state index is 0.00993. The van der Waals surface area contributed by atoms with E-state index in [9.17, 15) is 23.6 Å². The lowest BCUT2D eigenvalue weighted by Crippen LogP contribution is -2.22. The maximum atomic E-state index is 13.5. The van der Waals surface area contributed by atoms with E-state index in [1.807, 2.05) is 0 Å². The summed E-state index contributed by atoms with van der Waals surface area (Å²) in [5.74, 6) is -3.57. The molecule has 0 heterocycles. The van der Waals surface area contributed by atoms with Crippen molar-refractivity contribution in [3.8, 4) is 0 Å². The zero-order chi connectivity index (χ0) is 22.1. The number of methoxy groups -OCH3 is 2. The van der Waals surface area contributed by atoms with Gasteiger partial charge in [0.2, 0.25) is 0 Å². The first-order valence-electron chi connectivity index (χ1n) is 8.55. The van der Waals surface area contributed by atoms with Gasteiger partial charge in [0.1, 0.15) is 5.82 Å². The van der Waals surface area contributed by atoms with E-state index in [1.54, 1.807) is 6.07 Å². The molecule has 0 aliphatic carbocycles. The molecule has 9 heteroatoms. The summed E-state index contributed by atoms with van der Waals surface area (Å²) in [6.07, 6.45) is 2.19. The number of anilines is 1. The molecule has 0 unspecified atom stereocenters. The molecule has 0 aromatic heterocycles. The Labute approximate surface area is 171 Å². The minimum atomic E-state index is -0.870. The van der Waals surface area contributed by atoms with Gasteiger partial charge in [0.25, 0.3) is 5.91 Å². The van der Waals surface area contributed by atoms with Crippen molar-refractivity contribution in [3.05, 3.63) is 71.0 Å². The smallest absolute Gasteiger partial charge is 0.339 e. The summed E-state index contributed by atoms with van der Waals surface area (Å²) >= 11 is 0. The lowest BCUT2D eigenvalue weighted by molar-refractivity contribution is -0.142. The van der Waals surface area contributed by atoms with Gasteiger partial charge in [-0.05, 0) is 30.3 Å². The first kappa shape index (κ1) is 22.3. The number of nitrogens with one attached hydrogen (secondary N) is 1. The van der Waals surface area contributed by atoms with Crippen LogP contribution in [-0.2, 0) is 23.8 Å². The van der Waals surface area contributed by atoms with E-state index in [0.29, 0.717) is 0 Å². The standard InChI is InChI=1S/C21H18FNO7/c1-28-20(26)14-7-9-15(21(27)29-2)17(11-14)23-18(24)12-30-19(25)10-8-13-5-3-4-6-16(13)22/h3-11H,12H2,1-2H3,(H,23,24)/b10-8+. The summed E-state index contributed by atoms with van der Waals surface area (Å²) in [4.78, 5) is 47.4. The fourth-order valence-electron chi connectivity index (χ4n) is 2.32. The number of rotatable bonds is 7. The van der Waals surface area contributed by atoms with Gasteiger partial charge in [0, 0.05) is 11.6 Å². The Balaban J connectivity index is 2.04. The topological polar surface area (TPSA) is 108 Å². The number of carbonyl (C=O) groups excluding carboxylic acids is 4. The number of esters is 3. The number of carbonyl (C=O) groups is 4. The molecule has 0 fully saturated rings. The molecule has 30 heavy (non-hydrogen) atoms. The average molecular weight is 415 g/mol. The van der Waals surface area contributed by atoms with E-state index >= 15 is 0 Å². The van der Waals surface area contributed by atoms with Crippen LogP contribution in [-0.4, -0.2) is 44.6 Å². The fraction of sp³-hybridized carbons (Fsp3) is 0.143. The summed E-state index contributed by atoms with van der Waals surface area (Å²) in [6.45, 7) is -0.677. The van der Waals surface area contributed by atoms with Crippen molar-refractivity contribution < 1.29 is 37.8 Å². The highest BCUT2D eigenvalue weighted by Gasteiger charge is 2.18. The molecular weight excluding hydrogens is 397 g/mol. The quantitative estimate of drug-likeness (QED) is 0.421. The monoisotopic (exact) mass is 415 g/mol. The highest BCUT2D eigenvalue weighted by atomic mass is 19.1. The van der Waals surface area contributed by atoms with Gasteiger partial charge in [0.05, 0.1) is 31.0 Å². The van der Waals surface area contributed by atoms with Crippen molar-refractivity contribution >= 4 is 35.6 Å². The molecule has 8 nitrogen and oxygen atoms in total. The van der Waals surface area contributed by atoms with Crippen LogP contribution in [0.15, 0.2) is 48.5 Å². The predicted octanol–water partition coefficient (Wildman–Crippen LogP) is 2.59. The SMILES string of the molecule is COC(=O)c1ccc(C(=O)OC)c(NC(=O)COC(=O)/C=C/c2ccccc2F)c1. The Morgan fingerprint density at radius 2 is 1.70 bits per heavy atom. The molecule has 2 rings (SSSR count). The lowest BCUT2D eigenvalue weighted by Gasteiger charge is -2.11. The first-order chi connectivity index (χ1) is 14.3. The first-order valence-corrected chi connectivity index (χ1v) is 8.55. The molecule has 1 amide bonds. The van der Waals surface area contributed by atoms with Gasteiger partial charge >= 0.3 is 17.9 Å². The number of hydrogen-bond donors (Lipinski definition) is 1. The molecule has 156 valence electrons. The van der Waals surface area contributed by atoms with Gasteiger partial charge in [-0.25, -0.2) is 18.8 Å². The lowest BCUT2D eigenvalue weighted by atomic mass is 10.1. The number of hydrogen-bond acceptors (Lipinski definition) is 7. The number of amides is 1. The van der Waals surface area contributed by atoms with E-state index in [1.165, 1.54) is 49.6 Å². The van der Waals surface area contributed by atoms with Crippen LogP contribution in [0.2, 0.25) is 0 Å². The van der Waals surface area contributed by atoms with Crippen LogP contribution in [0.1, 0.15) is 26.3 Å². The van der Waals surface area contributed by atoms with E-state index in [0.717, 1.165) is 13.2 Å². The summed E-state index contributed by atoms with van der Waals surface area (Å²) in [7, 11) is 2.34. The molecule has 0 aliphatic rings. The van der Waals surface area contributed by atoms with Crippen molar-refractivity contribution in [2.75, 3.05) is 26.1 Å². The molecule has 0 aliphatic heterocycles. The van der Waals surface area contributed by atoms with E-state index < -0.39 is 36.2 Å². The van der Waals surface area contributed by atoms with Crippen molar-refractivity contribution in [2.45, 2.75) is 0 Å². The third-order valence-corrected chi connectivity index (χ3v) is 3.77. The Bertz CT molecular complexity index is 1000. The molecule has 0 saturated carbocycles. The second-order valence-corrected chi connectivity index (χ2v) is 5.75. The maximum Gasteiger partial charge on any atom is 0.339 e. The maximum absolute atomic E-state index is 13.5. The van der Waals surface area contributed by atoms with Crippen LogP contribution in [0.25, 0.3) is 6.08 Å². The molecule has 0 spiro atoms. The Hall–Kier alpha value is -4.01. The van der Waals surface area contributed by atoms with Gasteiger partial charge in [0.15, 0.2) is 6.61 Å². The molecule has 0 atom stereocenters. The molecule has 2 aromatic rings. The summed E-state index contributed by atoms with van der Waals surface area (Å²) in [6, 6.07) is 9.66. The van der Waals surface area contributed by atoms with Crippen molar-refractivity contribution in [2.24, 2.45) is 0 Å². The Morgan fingerprint density at radius 1 is 1.00 bits per heavy atom. The van der Waals surface area contributed by atoms with Crippen LogP contribution in [0.5, 0.6) is 0 Å². The largest absolute Gasteiger partial charge is 0.465 e. The number of benzene rings is 2. The normalized spacial score (nSPS) is 10.4. The Kier molecular flexibility index (Phi) is 7.81. The highest BCUT2D eigenvalue weighted by Crippen LogP contribution is 2.20. The van der Waals surface area contributed by atoms with Gasteiger partial charge in [-0.15, -0.1) is 0 Å². The summed E-state index contributed by atoms with van der Waals surface area (Å²) < 4.78 is 27.5. The second kappa shape index (κ2) is 10.5. The Morgan fingerprint density at radius 3 is 2.37 bits per heavy atom. The highest BCUT2D eigenvalue weighted by molar-refractivity contribution is 6.04. The van der Waals surface area contributed by atoms with E-state index in [4.69, 9.17) is 4.74 Å². The molecular formula is C21H18FNO7. The molecule has 1 N–H and O–H groups in total. The van der Waals surface area contributed by atoms with Crippen LogP contribution in [0.4, 0.5) is 10.1 Å². The second-order valence-electron chi connectivity index (χ2n) is 5.75. The number of ether oxygens (including phenoxy) is 3. The van der Waals surface area contributed by atoms with Crippen molar-refractivity contribution in [3.63, 3.8) is 0 Å². The predicted molar refractivity (Wildman–Crippen MR) is 104 cm³/mol. The molecule has 0 radical (unpaired) electrons. The molecule has 2 aromatic carbocycles. The van der Waals surface area contributed by atoms with E-state index in [-0.39, 0.29) is 22.4 Å². The van der Waals surface area contributed by atoms with Gasteiger partial charge < -0.3 is 19.5 Å². The zero-order valence-corrected chi connectivity index (χ0v) is 16.1. The fourth-order valence-corrected chi connectivity index (χ4v) is 2.32. The van der Waals surface area contributed by atoms with Crippen molar-refractivity contribution in [1.29, 1.82) is 0 Å². The minimum Gasteiger partial charge on any atom is -0.465 e. The number of halogens is 1. The summed E-state index contributed by atoms with van der Waals surface area (Å²) in [5, 5.41) is 2.37. The van der Waals surface area contributed by atoms with Crippen LogP contribution in [0, 0.1) is 5.82 Å². The summed E-state index contributed by atoms with van der Waals surface area (Å²) in [5.41, 5.74) is 0.239. The van der Waals surface area contributed by atoms with Crippen LogP contribution >= 0.6 is 0 Å². The molecule has 0 saturated heterocycles. The van der Waals surface area contributed by atoms with Gasteiger partial charge in [-0.3, -0.25) is 4.79 Å². The van der Waals surface area contributed by atoms with Crippen LogP contribution in [0.3, 0.4) is 0 Å². The van der Waals surface area contributed by atoms with Gasteiger partial charge in [-0.1, -0.05) is 18.2 Å². The van der Waals surface area contributed by atoms with E-state index in [2.05, 4.69) is 14.8 Å². The zero-order valence-electron chi connectivity index (χ0n) is 16.1.